The molecular weight excluding hydrogens is 290 g/mol. The summed E-state index contributed by atoms with van der Waals surface area (Å²) in [5.74, 6) is 0.379. The van der Waals surface area contributed by atoms with E-state index in [1.807, 2.05) is 45.0 Å². The molecule has 0 aliphatic carbocycles. The first kappa shape index (κ1) is 19.5. The van der Waals surface area contributed by atoms with E-state index in [0.29, 0.717) is 6.42 Å². The Kier molecular flexibility index (Phi) is 8.07. The van der Waals surface area contributed by atoms with Crippen molar-refractivity contribution in [2.24, 2.45) is 5.73 Å². The summed E-state index contributed by atoms with van der Waals surface area (Å²) in [6.07, 6.45) is 1.95. The van der Waals surface area contributed by atoms with Gasteiger partial charge in [-0.05, 0) is 44.9 Å². The molecule has 0 heterocycles. The van der Waals surface area contributed by atoms with Gasteiger partial charge in [-0.25, -0.2) is 0 Å². The van der Waals surface area contributed by atoms with Crippen LogP contribution in [0.2, 0.25) is 0 Å². The fourth-order valence-corrected chi connectivity index (χ4v) is 1.63. The summed E-state index contributed by atoms with van der Waals surface area (Å²) in [5.41, 5.74) is 6.53. The average Bonchev–Trinajstić information content (AvgIpc) is 2.36. The Balaban J connectivity index is 0.00000400. The van der Waals surface area contributed by atoms with E-state index in [2.05, 4.69) is 6.58 Å². The molecule has 1 aromatic carbocycles. The number of carbonyl (C=O) groups excluding carboxylic acids is 1. The molecule has 5 heteroatoms. The smallest absolute Gasteiger partial charge is 0.323 e. The largest absolute Gasteiger partial charge is 1.00 e. The van der Waals surface area contributed by atoms with Gasteiger partial charge in [0.1, 0.15) is 24.0 Å². The topological polar surface area (TPSA) is 61.5 Å². The van der Waals surface area contributed by atoms with Crippen molar-refractivity contribution in [1.82, 2.24) is 0 Å². The molecule has 4 nitrogen and oxygen atoms in total. The number of halogens is 1. The van der Waals surface area contributed by atoms with Crippen LogP contribution >= 0.6 is 0 Å². The summed E-state index contributed by atoms with van der Waals surface area (Å²) in [7, 11) is 0. The van der Waals surface area contributed by atoms with Gasteiger partial charge in [-0.15, -0.1) is 0 Å². The summed E-state index contributed by atoms with van der Waals surface area (Å²) in [6, 6.07) is 6.90. The van der Waals surface area contributed by atoms with Gasteiger partial charge >= 0.3 is 5.97 Å². The van der Waals surface area contributed by atoms with Gasteiger partial charge < -0.3 is 27.6 Å². The van der Waals surface area contributed by atoms with E-state index in [-0.39, 0.29) is 24.6 Å². The number of esters is 1. The third kappa shape index (κ3) is 7.73. The van der Waals surface area contributed by atoms with Gasteiger partial charge in [0.2, 0.25) is 0 Å². The van der Waals surface area contributed by atoms with Crippen molar-refractivity contribution in [2.45, 2.75) is 38.8 Å². The highest BCUT2D eigenvalue weighted by Gasteiger charge is 2.16. The first-order valence-electron chi connectivity index (χ1n) is 6.63. The predicted molar refractivity (Wildman–Crippen MR) is 79.7 cm³/mol. The van der Waals surface area contributed by atoms with Crippen molar-refractivity contribution in [2.75, 3.05) is 6.61 Å². The Morgan fingerprint density at radius 1 is 1.33 bits per heavy atom. The van der Waals surface area contributed by atoms with Gasteiger partial charge in [0.05, 0.1) is 0 Å². The average molecular weight is 313 g/mol. The fourth-order valence-electron chi connectivity index (χ4n) is 1.63. The quantitative estimate of drug-likeness (QED) is 0.566. The lowest BCUT2D eigenvalue weighted by molar-refractivity contribution is -0.143. The lowest BCUT2D eigenvalue weighted by Crippen LogP contribution is -3.00. The molecule has 1 rings (SSSR count). The second-order valence-corrected chi connectivity index (χ2v) is 5.59. The highest BCUT2D eigenvalue weighted by Crippen LogP contribution is 2.19. The normalized spacial score (nSPS) is 12.0. The van der Waals surface area contributed by atoms with Crippen LogP contribution in [0.5, 0.6) is 5.75 Å². The van der Waals surface area contributed by atoms with Crippen LogP contribution in [-0.4, -0.2) is 24.2 Å². The van der Waals surface area contributed by atoms with Crippen LogP contribution in [-0.2, 0) is 16.0 Å². The monoisotopic (exact) mass is 312 g/mol. The van der Waals surface area contributed by atoms with Crippen molar-refractivity contribution >= 4 is 5.97 Å². The zero-order valence-corrected chi connectivity index (χ0v) is 13.5. The molecule has 1 aromatic rings. The fraction of sp³-hybridized carbons (Fsp3) is 0.438. The van der Waals surface area contributed by atoms with Crippen LogP contribution in [0, 0.1) is 0 Å². The third-order valence-corrected chi connectivity index (χ3v) is 2.45. The van der Waals surface area contributed by atoms with Gasteiger partial charge in [0, 0.05) is 0 Å². The van der Waals surface area contributed by atoms with Crippen LogP contribution in [0.4, 0.5) is 0 Å². The van der Waals surface area contributed by atoms with Crippen LogP contribution in [0.1, 0.15) is 26.3 Å². The third-order valence-electron chi connectivity index (χ3n) is 2.45. The number of benzene rings is 1. The van der Waals surface area contributed by atoms with E-state index < -0.39 is 12.0 Å². The maximum atomic E-state index is 11.5. The maximum Gasteiger partial charge on any atom is 0.323 e. The molecule has 0 saturated heterocycles. The van der Waals surface area contributed by atoms with Crippen LogP contribution in [0.15, 0.2) is 36.9 Å². The summed E-state index contributed by atoms with van der Waals surface area (Å²) < 4.78 is 10.6. The molecule has 0 saturated carbocycles. The molecule has 21 heavy (non-hydrogen) atoms. The van der Waals surface area contributed by atoms with Gasteiger partial charge in [0.15, 0.2) is 0 Å². The highest BCUT2D eigenvalue weighted by atomic mass is 35.5. The molecule has 0 unspecified atom stereocenters. The molecule has 0 bridgehead atoms. The lowest BCUT2D eigenvalue weighted by atomic mass is 10.1. The van der Waals surface area contributed by atoms with E-state index in [9.17, 15) is 4.79 Å². The first-order chi connectivity index (χ1) is 9.31. The minimum atomic E-state index is -0.663. The molecule has 0 spiro atoms. The molecule has 118 valence electrons. The second kappa shape index (κ2) is 8.70. The number of hydrogen-bond donors (Lipinski definition) is 1. The number of hydrogen-bond acceptors (Lipinski definition) is 4. The first-order valence-corrected chi connectivity index (χ1v) is 6.63. The highest BCUT2D eigenvalue weighted by molar-refractivity contribution is 5.76. The Hall–Kier alpha value is -1.52. The zero-order valence-electron chi connectivity index (χ0n) is 12.8. The van der Waals surface area contributed by atoms with Gasteiger partial charge in [-0.3, -0.25) is 4.79 Å². The maximum absolute atomic E-state index is 11.5. The van der Waals surface area contributed by atoms with Crippen molar-refractivity contribution in [3.05, 3.63) is 42.5 Å². The Labute approximate surface area is 132 Å². The van der Waals surface area contributed by atoms with Gasteiger partial charge in [-0.1, -0.05) is 24.8 Å². The number of rotatable bonds is 6. The van der Waals surface area contributed by atoms with Gasteiger partial charge in [0.25, 0.3) is 0 Å². The van der Waals surface area contributed by atoms with E-state index in [1.165, 1.54) is 6.08 Å². The number of carbonyl (C=O) groups is 1. The van der Waals surface area contributed by atoms with Crippen molar-refractivity contribution in [3.63, 3.8) is 0 Å². The SMILES string of the molecule is C=CCOC(=O)[C@H](N)Cc1ccc(OC(C)(C)C)cc1.[Cl-]. The molecular formula is C16H23ClNO3-. The Bertz CT molecular complexity index is 452. The Morgan fingerprint density at radius 2 is 1.90 bits per heavy atom. The molecule has 0 radical (unpaired) electrons. The van der Waals surface area contributed by atoms with Crippen LogP contribution in [0.3, 0.4) is 0 Å². The van der Waals surface area contributed by atoms with Crippen molar-refractivity contribution in [1.29, 1.82) is 0 Å². The minimum Gasteiger partial charge on any atom is -1.00 e. The van der Waals surface area contributed by atoms with E-state index in [1.54, 1.807) is 0 Å². The Morgan fingerprint density at radius 3 is 2.38 bits per heavy atom. The van der Waals surface area contributed by atoms with Crippen LogP contribution < -0.4 is 22.9 Å². The molecule has 2 N–H and O–H groups in total. The van der Waals surface area contributed by atoms with Gasteiger partial charge in [-0.2, -0.15) is 0 Å². The minimum absolute atomic E-state index is 0. The predicted octanol–water partition coefficient (Wildman–Crippen LogP) is -0.533. The summed E-state index contributed by atoms with van der Waals surface area (Å²) in [4.78, 5) is 11.5. The number of nitrogens with two attached hydrogens (primary N) is 1. The second-order valence-electron chi connectivity index (χ2n) is 5.59. The number of ether oxygens (including phenoxy) is 2. The molecule has 0 fully saturated rings. The molecule has 0 aromatic heterocycles. The summed E-state index contributed by atoms with van der Waals surface area (Å²) in [6.45, 7) is 9.65. The standard InChI is InChI=1S/C16H23NO3.ClH/c1-5-10-19-15(18)14(17)11-12-6-8-13(9-7-12)20-16(2,3)4;/h5-9,14H,1,10-11,17H2,2-4H3;1H/p-1/t14-;/m1./s1. The van der Waals surface area contributed by atoms with Crippen molar-refractivity contribution in [3.8, 4) is 5.75 Å². The molecule has 1 atom stereocenters. The lowest BCUT2D eigenvalue weighted by Gasteiger charge is -2.21. The molecule has 0 aliphatic rings. The van der Waals surface area contributed by atoms with E-state index >= 15 is 0 Å². The van der Waals surface area contributed by atoms with Crippen LogP contribution in [0.25, 0.3) is 0 Å². The summed E-state index contributed by atoms with van der Waals surface area (Å²) >= 11 is 0. The zero-order chi connectivity index (χ0) is 15.2. The van der Waals surface area contributed by atoms with Crippen molar-refractivity contribution < 1.29 is 26.7 Å². The molecule has 0 aliphatic heterocycles. The molecule has 0 amide bonds. The van der Waals surface area contributed by atoms with E-state index in [0.717, 1.165) is 11.3 Å². The van der Waals surface area contributed by atoms with E-state index in [4.69, 9.17) is 15.2 Å². The summed E-state index contributed by atoms with van der Waals surface area (Å²) in [5, 5.41) is 0.